The molecule has 3 aliphatic heterocycles. The van der Waals surface area contributed by atoms with Crippen molar-refractivity contribution in [3.8, 4) is 10.4 Å². The van der Waals surface area contributed by atoms with Crippen LogP contribution in [0.1, 0.15) is 24.3 Å². The van der Waals surface area contributed by atoms with E-state index in [1.165, 1.54) is 6.07 Å². The van der Waals surface area contributed by atoms with Gasteiger partial charge in [-0.1, -0.05) is 23.7 Å². The summed E-state index contributed by atoms with van der Waals surface area (Å²) in [6, 6.07) is 6.40. The largest absolute Gasteiger partial charge is 1.00 e. The highest BCUT2D eigenvalue weighted by atomic mass is 127. The number of carbonyl (C=O) groups is 1. The Morgan fingerprint density at radius 1 is 1.27 bits per heavy atom. The number of nitrogens with one attached hydrogen (secondary N) is 1. The highest BCUT2D eigenvalue weighted by molar-refractivity contribution is 7.15. The predicted octanol–water partition coefficient (Wildman–Crippen LogP) is 2.42. The molecule has 0 unspecified atom stereocenters. The number of carbonyl (C=O) groups excluding carboxylic acids is 1. The van der Waals surface area contributed by atoms with Crippen LogP contribution < -0.4 is 29.3 Å². The molecule has 11 heteroatoms. The second kappa shape index (κ2) is 8.44. The minimum absolute atomic E-state index is 0. The molecular weight excluding hydrogens is 554 g/mol. The summed E-state index contributed by atoms with van der Waals surface area (Å²) in [5.74, 6) is -0.168. The first-order valence-corrected chi connectivity index (χ1v) is 10.4. The fraction of sp³-hybridized carbons (Fsp3) is 0.474. The summed E-state index contributed by atoms with van der Waals surface area (Å²) in [5.41, 5.74) is -0.0958. The fourth-order valence-electron chi connectivity index (χ4n) is 3.95. The maximum absolute atomic E-state index is 13.2. The van der Waals surface area contributed by atoms with Crippen LogP contribution in [0, 0.1) is 0 Å². The molecule has 5 nitrogen and oxygen atoms in total. The maximum atomic E-state index is 13.2. The molecule has 1 amide bonds. The van der Waals surface area contributed by atoms with Crippen molar-refractivity contribution in [1.29, 1.82) is 0 Å². The Bertz CT molecular complexity index is 929. The summed E-state index contributed by atoms with van der Waals surface area (Å²) in [6.07, 6.45) is -3.13. The number of hydrogen-bond donors (Lipinski definition) is 1. The zero-order valence-electron chi connectivity index (χ0n) is 16.1. The number of anilines is 1. The molecule has 1 N–H and O–H groups in total. The smallest absolute Gasteiger partial charge is 0.443 e. The first-order valence-electron chi connectivity index (χ1n) is 9.25. The molecule has 1 aromatic carbocycles. The Balaban J connectivity index is 0.00000256. The Hall–Kier alpha value is -1.11. The van der Waals surface area contributed by atoms with Crippen molar-refractivity contribution in [3.63, 3.8) is 0 Å². The van der Waals surface area contributed by atoms with Crippen molar-refractivity contribution < 1.29 is 51.2 Å². The first kappa shape index (κ1) is 23.6. The monoisotopic (exact) mass is 573 g/mol. The number of nitrogens with zero attached hydrogens (tertiary/aromatic N) is 2. The van der Waals surface area contributed by atoms with Gasteiger partial charge in [-0.05, 0) is 17.7 Å². The van der Waals surface area contributed by atoms with Crippen molar-refractivity contribution in [2.45, 2.75) is 31.0 Å². The molecule has 30 heavy (non-hydrogen) atoms. The lowest BCUT2D eigenvalue weighted by molar-refractivity contribution is -0.926. The minimum atomic E-state index is -4.62. The molecule has 4 heterocycles. The molecule has 3 fully saturated rings. The van der Waals surface area contributed by atoms with E-state index in [2.05, 4.69) is 17.3 Å². The summed E-state index contributed by atoms with van der Waals surface area (Å²) >= 11 is 6.44. The summed E-state index contributed by atoms with van der Waals surface area (Å²) in [4.78, 5) is 16.4. The number of ether oxygens (including phenoxy) is 1. The van der Waals surface area contributed by atoms with E-state index < -0.39 is 22.9 Å². The Labute approximate surface area is 198 Å². The van der Waals surface area contributed by atoms with E-state index in [0.717, 1.165) is 43.4 Å². The Kier molecular flexibility index (Phi) is 6.62. The lowest BCUT2D eigenvalue weighted by atomic mass is 9.81. The van der Waals surface area contributed by atoms with Gasteiger partial charge in [0.25, 0.3) is 0 Å². The molecule has 0 saturated carbocycles. The highest BCUT2D eigenvalue weighted by Crippen LogP contribution is 2.42. The van der Waals surface area contributed by atoms with Crippen molar-refractivity contribution in [3.05, 3.63) is 34.3 Å². The number of benzene rings is 1. The van der Waals surface area contributed by atoms with Gasteiger partial charge in [-0.15, -0.1) is 11.3 Å². The van der Waals surface area contributed by atoms with E-state index in [1.54, 1.807) is 18.2 Å². The van der Waals surface area contributed by atoms with Crippen molar-refractivity contribution in [1.82, 2.24) is 4.98 Å². The fourth-order valence-corrected chi connectivity index (χ4v) is 5.03. The summed E-state index contributed by atoms with van der Waals surface area (Å²) in [5, 5.41) is 1.78. The quantitative estimate of drug-likeness (QED) is 0.454. The molecule has 5 rings (SSSR count). The van der Waals surface area contributed by atoms with Crippen LogP contribution >= 0.6 is 22.9 Å². The molecule has 1 aromatic heterocycles. The van der Waals surface area contributed by atoms with Gasteiger partial charge in [0, 0.05) is 24.3 Å². The molecule has 0 atom stereocenters. The standard InChI is InChI=1S/C19H19ClF3N3O2S.HI/c1-26-8-5-18(6-9-26,7-10-26)28-17(27)25-15-14(12-3-2-4-13(20)11-12)29-16(24-15)19(21,22)23;/h2-4,11H,5-10H2,1H3;1H. The average Bonchev–Trinajstić information content (AvgIpc) is 3.07. The second-order valence-electron chi connectivity index (χ2n) is 7.94. The highest BCUT2D eigenvalue weighted by Gasteiger charge is 2.49. The molecule has 3 aliphatic rings. The lowest BCUT2D eigenvalue weighted by Crippen LogP contribution is -3.00. The predicted molar refractivity (Wildman–Crippen MR) is 105 cm³/mol. The minimum Gasteiger partial charge on any atom is -1.00 e. The van der Waals surface area contributed by atoms with Crippen LogP contribution in [0.3, 0.4) is 0 Å². The molecule has 0 radical (unpaired) electrons. The third-order valence-electron chi connectivity index (χ3n) is 5.81. The van der Waals surface area contributed by atoms with Crippen LogP contribution in [0.15, 0.2) is 24.3 Å². The van der Waals surface area contributed by atoms with Crippen molar-refractivity contribution >= 4 is 34.8 Å². The SMILES string of the molecule is C[N+]12CCC(OC(=O)Nc3nc(C(F)(F)F)sc3-c3cccc(Cl)c3)(CC1)CC2.[I-]. The number of thiazole rings is 1. The van der Waals surface area contributed by atoms with Gasteiger partial charge < -0.3 is 33.2 Å². The molecule has 2 aromatic rings. The van der Waals surface area contributed by atoms with Crippen LogP contribution in [-0.4, -0.2) is 47.8 Å². The molecular formula is C19H20ClF3IN3O2S. The summed E-state index contributed by atoms with van der Waals surface area (Å²) < 4.78 is 46.4. The van der Waals surface area contributed by atoms with Crippen LogP contribution in [0.4, 0.5) is 23.8 Å². The summed E-state index contributed by atoms with van der Waals surface area (Å²) in [6.45, 7) is 2.78. The summed E-state index contributed by atoms with van der Waals surface area (Å²) in [7, 11) is 2.19. The van der Waals surface area contributed by atoms with E-state index >= 15 is 0 Å². The number of amides is 1. The van der Waals surface area contributed by atoms with Gasteiger partial charge in [0.15, 0.2) is 5.82 Å². The van der Waals surface area contributed by atoms with E-state index in [4.69, 9.17) is 16.3 Å². The average molecular weight is 574 g/mol. The third kappa shape index (κ3) is 4.86. The Morgan fingerprint density at radius 3 is 2.47 bits per heavy atom. The number of piperidine rings is 3. The van der Waals surface area contributed by atoms with Crippen LogP contribution in [0.5, 0.6) is 0 Å². The van der Waals surface area contributed by atoms with E-state index in [0.29, 0.717) is 21.9 Å². The second-order valence-corrected chi connectivity index (χ2v) is 9.38. The number of alkyl halides is 3. The van der Waals surface area contributed by atoms with Gasteiger partial charge in [0.1, 0.15) is 5.60 Å². The van der Waals surface area contributed by atoms with Crippen molar-refractivity contribution in [2.75, 3.05) is 32.0 Å². The van der Waals surface area contributed by atoms with Crippen LogP contribution in [-0.2, 0) is 10.9 Å². The number of aromatic nitrogens is 1. The van der Waals surface area contributed by atoms with Crippen LogP contribution in [0.2, 0.25) is 5.02 Å². The number of rotatable bonds is 3. The lowest BCUT2D eigenvalue weighted by Gasteiger charge is -2.51. The Morgan fingerprint density at radius 2 is 1.90 bits per heavy atom. The van der Waals surface area contributed by atoms with Gasteiger partial charge in [0.05, 0.1) is 31.6 Å². The van der Waals surface area contributed by atoms with Gasteiger partial charge in [-0.3, -0.25) is 5.32 Å². The maximum Gasteiger partial charge on any atom is 0.443 e. The topological polar surface area (TPSA) is 51.2 Å². The van der Waals surface area contributed by atoms with Gasteiger partial charge in [-0.2, -0.15) is 13.2 Å². The van der Waals surface area contributed by atoms with E-state index in [-0.39, 0.29) is 34.7 Å². The third-order valence-corrected chi connectivity index (χ3v) is 7.19. The molecule has 0 aliphatic carbocycles. The molecule has 0 spiro atoms. The molecule has 3 saturated heterocycles. The van der Waals surface area contributed by atoms with Crippen LogP contribution in [0.25, 0.3) is 10.4 Å². The number of fused-ring (bicyclic) bond motifs is 3. The number of halogens is 5. The number of hydrogen-bond acceptors (Lipinski definition) is 4. The first-order chi connectivity index (χ1) is 13.6. The molecule has 164 valence electrons. The zero-order valence-corrected chi connectivity index (χ0v) is 19.8. The van der Waals surface area contributed by atoms with Gasteiger partial charge >= 0.3 is 12.3 Å². The van der Waals surface area contributed by atoms with Gasteiger partial charge in [0.2, 0.25) is 5.01 Å². The van der Waals surface area contributed by atoms with E-state index in [9.17, 15) is 18.0 Å². The zero-order chi connectivity index (χ0) is 20.9. The van der Waals surface area contributed by atoms with Gasteiger partial charge in [-0.25, -0.2) is 9.78 Å². The normalized spacial score (nSPS) is 25.5. The molecule has 2 bridgehead atoms. The number of quaternary nitrogens is 1. The van der Waals surface area contributed by atoms with E-state index in [1.807, 2.05) is 0 Å². The van der Waals surface area contributed by atoms with Crippen molar-refractivity contribution in [2.24, 2.45) is 0 Å².